The predicted octanol–water partition coefficient (Wildman–Crippen LogP) is 2.35. The molecule has 21 heavy (non-hydrogen) atoms. The molecule has 0 aliphatic heterocycles. The number of nitrogens with one attached hydrogen (secondary N) is 1. The van der Waals surface area contributed by atoms with E-state index < -0.39 is 11.6 Å². The number of anilines is 1. The van der Waals surface area contributed by atoms with Gasteiger partial charge in [-0.05, 0) is 37.1 Å². The Bertz CT molecular complexity index is 656. The Hall–Kier alpha value is -2.15. The van der Waals surface area contributed by atoms with E-state index in [1.165, 1.54) is 12.1 Å². The van der Waals surface area contributed by atoms with Gasteiger partial charge in [-0.15, -0.1) is 0 Å². The Morgan fingerprint density at radius 1 is 1.19 bits per heavy atom. The van der Waals surface area contributed by atoms with Crippen LogP contribution in [0.15, 0.2) is 24.3 Å². The lowest BCUT2D eigenvalue weighted by molar-refractivity contribution is 0.580. The van der Waals surface area contributed by atoms with Crippen LogP contribution in [0.3, 0.4) is 0 Å². The Balaban J connectivity index is 2.01. The summed E-state index contributed by atoms with van der Waals surface area (Å²) < 4.78 is 26.1. The Kier molecular flexibility index (Phi) is 4.74. The van der Waals surface area contributed by atoms with Crippen LogP contribution in [-0.4, -0.2) is 21.5 Å². The van der Waals surface area contributed by atoms with Crippen molar-refractivity contribution in [3.63, 3.8) is 0 Å². The van der Waals surface area contributed by atoms with Crippen LogP contribution in [0.1, 0.15) is 17.0 Å². The topological polar surface area (TPSA) is 63.8 Å². The largest absolute Gasteiger partial charge is 0.388 e. The summed E-state index contributed by atoms with van der Waals surface area (Å²) in [5, 5.41) is 2.99. The first-order chi connectivity index (χ1) is 9.94. The van der Waals surface area contributed by atoms with Crippen molar-refractivity contribution < 1.29 is 8.78 Å². The van der Waals surface area contributed by atoms with Gasteiger partial charge in [-0.3, -0.25) is 0 Å². The van der Waals surface area contributed by atoms with Crippen molar-refractivity contribution in [1.29, 1.82) is 0 Å². The molecular formula is C14H14F2N4S. The van der Waals surface area contributed by atoms with Crippen LogP contribution in [0.5, 0.6) is 0 Å². The summed E-state index contributed by atoms with van der Waals surface area (Å²) in [4.78, 5) is 8.55. The minimum absolute atomic E-state index is 0.191. The predicted molar refractivity (Wildman–Crippen MR) is 81.2 cm³/mol. The van der Waals surface area contributed by atoms with E-state index in [-0.39, 0.29) is 4.99 Å². The Labute approximate surface area is 126 Å². The third kappa shape index (κ3) is 4.42. The average Bonchev–Trinajstić information content (AvgIpc) is 2.36. The molecule has 0 radical (unpaired) electrons. The van der Waals surface area contributed by atoms with Gasteiger partial charge in [-0.1, -0.05) is 12.2 Å². The Morgan fingerprint density at radius 3 is 2.48 bits per heavy atom. The summed E-state index contributed by atoms with van der Waals surface area (Å²) in [6.07, 6.45) is 0.439. The van der Waals surface area contributed by atoms with Crippen LogP contribution in [-0.2, 0) is 6.42 Å². The maximum Gasteiger partial charge on any atom is 0.223 e. The van der Waals surface area contributed by atoms with Crippen molar-refractivity contribution in [2.45, 2.75) is 13.3 Å². The molecule has 2 rings (SSSR count). The van der Waals surface area contributed by atoms with Gasteiger partial charge in [0.1, 0.15) is 22.3 Å². The van der Waals surface area contributed by atoms with Gasteiger partial charge in [-0.2, -0.15) is 0 Å². The number of nitrogens with zero attached hydrogens (tertiary/aromatic N) is 2. The third-order valence-electron chi connectivity index (χ3n) is 2.73. The first-order valence-corrected chi connectivity index (χ1v) is 6.69. The number of aromatic nitrogens is 2. The summed E-state index contributed by atoms with van der Waals surface area (Å²) in [7, 11) is 0. The van der Waals surface area contributed by atoms with E-state index in [4.69, 9.17) is 18.0 Å². The fourth-order valence-electron chi connectivity index (χ4n) is 1.85. The smallest absolute Gasteiger partial charge is 0.223 e. The number of hydrogen-bond acceptors (Lipinski definition) is 4. The summed E-state index contributed by atoms with van der Waals surface area (Å²) in [6, 6.07) is 5.12. The van der Waals surface area contributed by atoms with Crippen LogP contribution in [0, 0.1) is 18.6 Å². The van der Waals surface area contributed by atoms with Gasteiger partial charge >= 0.3 is 0 Å². The van der Waals surface area contributed by atoms with E-state index in [1.54, 1.807) is 13.0 Å². The fourth-order valence-corrected chi connectivity index (χ4v) is 1.95. The van der Waals surface area contributed by atoms with E-state index in [2.05, 4.69) is 15.3 Å². The van der Waals surface area contributed by atoms with Gasteiger partial charge in [0.2, 0.25) is 5.95 Å². The summed E-state index contributed by atoms with van der Waals surface area (Å²) in [6.45, 7) is 2.24. The molecule has 0 aliphatic carbocycles. The highest BCUT2D eigenvalue weighted by Gasteiger charge is 2.05. The third-order valence-corrected chi connectivity index (χ3v) is 2.93. The SMILES string of the molecule is Cc1cc(C(N)=S)nc(NCCc2cc(F)cc(F)c2)n1. The molecule has 0 atom stereocenters. The molecule has 0 amide bonds. The molecule has 4 nitrogen and oxygen atoms in total. The summed E-state index contributed by atoms with van der Waals surface area (Å²) in [5.74, 6) is -0.796. The lowest BCUT2D eigenvalue weighted by Crippen LogP contribution is -2.15. The molecule has 0 saturated heterocycles. The van der Waals surface area contributed by atoms with Crippen LogP contribution in [0.2, 0.25) is 0 Å². The van der Waals surface area contributed by atoms with E-state index in [1.807, 2.05) is 0 Å². The molecule has 1 heterocycles. The number of aryl methyl sites for hydroxylation is 1. The highest BCUT2D eigenvalue weighted by Crippen LogP contribution is 2.09. The second-order valence-corrected chi connectivity index (χ2v) is 4.98. The van der Waals surface area contributed by atoms with E-state index in [9.17, 15) is 8.78 Å². The molecule has 0 saturated carbocycles. The zero-order valence-electron chi connectivity index (χ0n) is 11.4. The standard InChI is InChI=1S/C14H14F2N4S/c1-8-4-12(13(17)21)20-14(19-8)18-3-2-9-5-10(15)7-11(16)6-9/h4-7H,2-3H2,1H3,(H2,17,21)(H,18,19,20). The van der Waals surface area contributed by atoms with E-state index >= 15 is 0 Å². The summed E-state index contributed by atoms with van der Waals surface area (Å²) >= 11 is 4.88. The second-order valence-electron chi connectivity index (χ2n) is 4.54. The number of hydrogen-bond donors (Lipinski definition) is 2. The fraction of sp³-hybridized carbons (Fsp3) is 0.214. The second kappa shape index (κ2) is 6.53. The molecule has 0 fully saturated rings. The lowest BCUT2D eigenvalue weighted by Gasteiger charge is -2.08. The normalized spacial score (nSPS) is 10.4. The molecule has 0 bridgehead atoms. The number of thiocarbonyl (C=S) groups is 1. The van der Waals surface area contributed by atoms with Gasteiger partial charge in [0.25, 0.3) is 0 Å². The van der Waals surface area contributed by atoms with Gasteiger partial charge in [0, 0.05) is 18.3 Å². The molecule has 0 spiro atoms. The van der Waals surface area contributed by atoms with Crippen molar-refractivity contribution >= 4 is 23.2 Å². The first-order valence-electron chi connectivity index (χ1n) is 6.28. The highest BCUT2D eigenvalue weighted by atomic mass is 32.1. The van der Waals surface area contributed by atoms with Crippen molar-refractivity contribution in [2.75, 3.05) is 11.9 Å². The zero-order chi connectivity index (χ0) is 15.4. The molecule has 3 N–H and O–H groups in total. The molecule has 110 valence electrons. The van der Waals surface area contributed by atoms with E-state index in [0.717, 1.165) is 11.8 Å². The van der Waals surface area contributed by atoms with Gasteiger partial charge in [0.15, 0.2) is 0 Å². The van der Waals surface area contributed by atoms with Gasteiger partial charge < -0.3 is 11.1 Å². The number of nitrogens with two attached hydrogens (primary N) is 1. The maximum absolute atomic E-state index is 13.1. The van der Waals surface area contributed by atoms with Crippen molar-refractivity contribution in [1.82, 2.24) is 9.97 Å². The van der Waals surface area contributed by atoms with Crippen LogP contribution >= 0.6 is 12.2 Å². The highest BCUT2D eigenvalue weighted by molar-refractivity contribution is 7.80. The summed E-state index contributed by atoms with van der Waals surface area (Å²) in [5.41, 5.74) is 7.30. The lowest BCUT2D eigenvalue weighted by atomic mass is 10.1. The quantitative estimate of drug-likeness (QED) is 0.830. The van der Waals surface area contributed by atoms with Gasteiger partial charge in [-0.25, -0.2) is 18.7 Å². The average molecular weight is 308 g/mol. The van der Waals surface area contributed by atoms with Crippen LogP contribution in [0.25, 0.3) is 0 Å². The minimum atomic E-state index is -0.590. The van der Waals surface area contributed by atoms with Crippen LogP contribution < -0.4 is 11.1 Å². The molecule has 0 aliphatic rings. The molecule has 2 aromatic rings. The van der Waals surface area contributed by atoms with Gasteiger partial charge in [0.05, 0.1) is 0 Å². The van der Waals surface area contributed by atoms with Crippen molar-refractivity contribution in [3.8, 4) is 0 Å². The number of halogens is 2. The van der Waals surface area contributed by atoms with Crippen molar-refractivity contribution in [2.24, 2.45) is 5.73 Å². The maximum atomic E-state index is 13.1. The number of benzene rings is 1. The van der Waals surface area contributed by atoms with Crippen molar-refractivity contribution in [3.05, 3.63) is 52.9 Å². The molecular weight excluding hydrogens is 294 g/mol. The monoisotopic (exact) mass is 308 g/mol. The van der Waals surface area contributed by atoms with E-state index in [0.29, 0.717) is 30.2 Å². The number of rotatable bonds is 5. The molecule has 0 unspecified atom stereocenters. The first kappa shape index (κ1) is 15.2. The molecule has 7 heteroatoms. The minimum Gasteiger partial charge on any atom is -0.388 e. The molecule has 1 aromatic heterocycles. The van der Waals surface area contributed by atoms with Crippen LogP contribution in [0.4, 0.5) is 14.7 Å². The zero-order valence-corrected chi connectivity index (χ0v) is 12.2. The molecule has 1 aromatic carbocycles. The Morgan fingerprint density at radius 2 is 1.86 bits per heavy atom.